The standard InChI is InChI=1S/C18H19NO4/c20-11-13-6-7-15(10-13)19-18(21)17-14(8-9-22-17)12-23-16-4-2-1-3-5-16/h1-9,13,15,20H,10-12H2,(H,19,21)/t13-,15+/m0/s1. The van der Waals surface area contributed by atoms with Crippen LogP contribution in [0.1, 0.15) is 22.5 Å². The normalized spacial score (nSPS) is 19.7. The first kappa shape index (κ1) is 15.4. The average molecular weight is 313 g/mol. The van der Waals surface area contributed by atoms with Crippen LogP contribution in [0.5, 0.6) is 5.75 Å². The van der Waals surface area contributed by atoms with E-state index in [-0.39, 0.29) is 36.8 Å². The van der Waals surface area contributed by atoms with Gasteiger partial charge in [0.05, 0.1) is 6.26 Å². The van der Waals surface area contributed by atoms with E-state index in [0.29, 0.717) is 12.0 Å². The van der Waals surface area contributed by atoms with Gasteiger partial charge in [0.15, 0.2) is 5.76 Å². The van der Waals surface area contributed by atoms with Crippen LogP contribution in [0.3, 0.4) is 0 Å². The van der Waals surface area contributed by atoms with Gasteiger partial charge in [-0.2, -0.15) is 0 Å². The Morgan fingerprint density at radius 1 is 1.26 bits per heavy atom. The van der Waals surface area contributed by atoms with Gasteiger partial charge in [-0.05, 0) is 24.6 Å². The maximum Gasteiger partial charge on any atom is 0.287 e. The molecule has 1 aliphatic carbocycles. The summed E-state index contributed by atoms with van der Waals surface area (Å²) < 4.78 is 11.0. The van der Waals surface area contributed by atoms with E-state index in [1.165, 1.54) is 6.26 Å². The molecule has 3 rings (SSSR count). The van der Waals surface area contributed by atoms with Gasteiger partial charge in [0.25, 0.3) is 5.91 Å². The molecular weight excluding hydrogens is 294 g/mol. The molecule has 0 saturated carbocycles. The third kappa shape index (κ3) is 3.81. The maximum atomic E-state index is 12.3. The molecule has 0 radical (unpaired) electrons. The molecule has 2 N–H and O–H groups in total. The minimum atomic E-state index is -0.269. The van der Waals surface area contributed by atoms with Gasteiger partial charge in [-0.15, -0.1) is 0 Å². The second-order valence-electron chi connectivity index (χ2n) is 5.52. The lowest BCUT2D eigenvalue weighted by atomic mass is 10.1. The van der Waals surface area contributed by atoms with Crippen molar-refractivity contribution in [1.29, 1.82) is 0 Å². The Morgan fingerprint density at radius 2 is 2.09 bits per heavy atom. The van der Waals surface area contributed by atoms with Crippen LogP contribution in [0.2, 0.25) is 0 Å². The lowest BCUT2D eigenvalue weighted by Crippen LogP contribution is -2.33. The van der Waals surface area contributed by atoms with Gasteiger partial charge in [-0.25, -0.2) is 0 Å². The number of carbonyl (C=O) groups excluding carboxylic acids is 1. The van der Waals surface area contributed by atoms with E-state index in [9.17, 15) is 4.79 Å². The number of carbonyl (C=O) groups is 1. The smallest absolute Gasteiger partial charge is 0.287 e. The number of amides is 1. The lowest BCUT2D eigenvalue weighted by Gasteiger charge is -2.12. The lowest BCUT2D eigenvalue weighted by molar-refractivity contribution is 0.0909. The quantitative estimate of drug-likeness (QED) is 0.804. The zero-order valence-electron chi connectivity index (χ0n) is 12.6. The maximum absolute atomic E-state index is 12.3. The summed E-state index contributed by atoms with van der Waals surface area (Å²) in [4.78, 5) is 12.3. The summed E-state index contributed by atoms with van der Waals surface area (Å²) in [5, 5.41) is 12.0. The minimum absolute atomic E-state index is 0.0763. The third-order valence-electron chi connectivity index (χ3n) is 3.81. The molecule has 5 heteroatoms. The molecule has 0 saturated heterocycles. The van der Waals surface area contributed by atoms with Crippen LogP contribution < -0.4 is 10.1 Å². The van der Waals surface area contributed by atoms with E-state index in [0.717, 1.165) is 5.75 Å². The van der Waals surface area contributed by atoms with Crippen molar-refractivity contribution >= 4 is 5.91 Å². The molecule has 2 aromatic rings. The molecule has 23 heavy (non-hydrogen) atoms. The van der Waals surface area contributed by atoms with Crippen LogP contribution in [0.15, 0.2) is 59.2 Å². The van der Waals surface area contributed by atoms with Crippen molar-refractivity contribution in [1.82, 2.24) is 5.32 Å². The summed E-state index contributed by atoms with van der Waals surface area (Å²) in [6.07, 6.45) is 6.02. The number of para-hydroxylation sites is 1. The third-order valence-corrected chi connectivity index (χ3v) is 3.81. The second kappa shape index (κ2) is 7.15. The Kier molecular flexibility index (Phi) is 4.78. The predicted molar refractivity (Wildman–Crippen MR) is 85.1 cm³/mol. The zero-order valence-corrected chi connectivity index (χ0v) is 12.6. The first-order valence-electron chi connectivity index (χ1n) is 7.60. The van der Waals surface area contributed by atoms with Crippen LogP contribution in [0, 0.1) is 5.92 Å². The van der Waals surface area contributed by atoms with Gasteiger partial charge in [0.1, 0.15) is 12.4 Å². The minimum Gasteiger partial charge on any atom is -0.489 e. The van der Waals surface area contributed by atoms with Crippen molar-refractivity contribution < 1.29 is 19.1 Å². The van der Waals surface area contributed by atoms with E-state index in [4.69, 9.17) is 14.3 Å². The molecular formula is C18H19NO4. The monoisotopic (exact) mass is 313 g/mol. The number of benzene rings is 1. The van der Waals surface area contributed by atoms with Gasteiger partial charge in [-0.3, -0.25) is 4.79 Å². The van der Waals surface area contributed by atoms with Gasteiger partial charge >= 0.3 is 0 Å². The fraction of sp³-hybridized carbons (Fsp3) is 0.278. The van der Waals surface area contributed by atoms with E-state index >= 15 is 0 Å². The first-order chi connectivity index (χ1) is 11.3. The number of aliphatic hydroxyl groups is 1. The van der Waals surface area contributed by atoms with E-state index < -0.39 is 0 Å². The van der Waals surface area contributed by atoms with Crippen LogP contribution in [-0.4, -0.2) is 23.7 Å². The highest BCUT2D eigenvalue weighted by Gasteiger charge is 2.23. The first-order valence-corrected chi connectivity index (χ1v) is 7.60. The number of aliphatic hydroxyl groups excluding tert-OH is 1. The molecule has 0 spiro atoms. The molecule has 0 fully saturated rings. The molecule has 1 aromatic heterocycles. The van der Waals surface area contributed by atoms with Crippen molar-refractivity contribution in [2.45, 2.75) is 19.1 Å². The van der Waals surface area contributed by atoms with E-state index in [2.05, 4.69) is 5.32 Å². The highest BCUT2D eigenvalue weighted by molar-refractivity contribution is 5.93. The van der Waals surface area contributed by atoms with Gasteiger partial charge in [0, 0.05) is 24.1 Å². The number of ether oxygens (including phenoxy) is 1. The molecule has 2 atom stereocenters. The zero-order chi connectivity index (χ0) is 16.1. The largest absolute Gasteiger partial charge is 0.489 e. The van der Waals surface area contributed by atoms with Gasteiger partial charge < -0.3 is 19.6 Å². The van der Waals surface area contributed by atoms with E-state index in [1.54, 1.807) is 6.07 Å². The molecule has 5 nitrogen and oxygen atoms in total. The number of furan rings is 1. The molecule has 1 heterocycles. The molecule has 1 aromatic carbocycles. The topological polar surface area (TPSA) is 71.7 Å². The molecule has 1 aliphatic rings. The summed E-state index contributed by atoms with van der Waals surface area (Å²) in [7, 11) is 0. The number of hydrogen-bond acceptors (Lipinski definition) is 4. The van der Waals surface area contributed by atoms with Crippen LogP contribution in [0.25, 0.3) is 0 Å². The SMILES string of the molecule is O=C(N[C@@H]1C=C[C@H](CO)C1)c1occc1COc1ccccc1. The van der Waals surface area contributed by atoms with Crippen LogP contribution >= 0.6 is 0 Å². The molecule has 0 unspecified atom stereocenters. The van der Waals surface area contributed by atoms with Gasteiger partial charge in [0.2, 0.25) is 0 Å². The molecule has 0 bridgehead atoms. The van der Waals surface area contributed by atoms with Crippen LogP contribution in [0.4, 0.5) is 0 Å². The summed E-state index contributed by atoms with van der Waals surface area (Å²) in [5.41, 5.74) is 0.701. The van der Waals surface area contributed by atoms with Crippen molar-refractivity contribution in [3.05, 3.63) is 66.1 Å². The summed E-state index contributed by atoms with van der Waals surface area (Å²) in [5.74, 6) is 0.846. The number of nitrogens with one attached hydrogen (secondary N) is 1. The predicted octanol–water partition coefficient (Wildman–Crippen LogP) is 2.53. The van der Waals surface area contributed by atoms with Crippen molar-refractivity contribution in [2.24, 2.45) is 5.92 Å². The molecule has 120 valence electrons. The Morgan fingerprint density at radius 3 is 2.83 bits per heavy atom. The van der Waals surface area contributed by atoms with Crippen molar-refractivity contribution in [2.75, 3.05) is 6.61 Å². The Balaban J connectivity index is 1.59. The summed E-state index contributed by atoms with van der Waals surface area (Å²) in [6.45, 7) is 0.364. The Labute approximate surface area is 134 Å². The fourth-order valence-electron chi connectivity index (χ4n) is 2.58. The van der Waals surface area contributed by atoms with Crippen molar-refractivity contribution in [3.8, 4) is 5.75 Å². The van der Waals surface area contributed by atoms with Gasteiger partial charge in [-0.1, -0.05) is 30.4 Å². The highest BCUT2D eigenvalue weighted by Crippen LogP contribution is 2.19. The highest BCUT2D eigenvalue weighted by atomic mass is 16.5. The molecule has 0 aliphatic heterocycles. The Hall–Kier alpha value is -2.53. The Bertz CT molecular complexity index is 677. The molecule has 1 amide bonds. The number of rotatable bonds is 6. The summed E-state index contributed by atoms with van der Waals surface area (Å²) >= 11 is 0. The summed E-state index contributed by atoms with van der Waals surface area (Å²) in [6, 6.07) is 11.1. The average Bonchev–Trinajstić information content (AvgIpc) is 3.22. The van der Waals surface area contributed by atoms with Crippen LogP contribution in [-0.2, 0) is 6.61 Å². The van der Waals surface area contributed by atoms with Crippen molar-refractivity contribution in [3.63, 3.8) is 0 Å². The fourth-order valence-corrected chi connectivity index (χ4v) is 2.58. The van der Waals surface area contributed by atoms with E-state index in [1.807, 2.05) is 42.5 Å². The second-order valence-corrected chi connectivity index (χ2v) is 5.52. The number of hydrogen-bond donors (Lipinski definition) is 2.